The van der Waals surface area contributed by atoms with Crippen molar-refractivity contribution < 1.29 is 0 Å². The molecule has 0 saturated carbocycles. The molecule has 26 heavy (non-hydrogen) atoms. The van der Waals surface area contributed by atoms with Gasteiger partial charge in [-0.3, -0.25) is 10.2 Å². The topological polar surface area (TPSA) is 30.5 Å². The summed E-state index contributed by atoms with van der Waals surface area (Å²) in [5, 5.41) is 6.87. The van der Waals surface area contributed by atoms with Crippen LogP contribution in [-0.2, 0) is 6.42 Å². The minimum absolute atomic E-state index is 0.432. The van der Waals surface area contributed by atoms with E-state index in [0.29, 0.717) is 0 Å². The first-order valence-electron chi connectivity index (χ1n) is 9.91. The molecule has 3 rings (SSSR count). The monoisotopic (exact) mass is 376 g/mol. The third-order valence-electron chi connectivity index (χ3n) is 5.87. The van der Waals surface area contributed by atoms with Crippen LogP contribution in [0.25, 0.3) is 0 Å². The molecule has 0 aromatic heterocycles. The van der Waals surface area contributed by atoms with E-state index in [9.17, 15) is 0 Å². The van der Waals surface area contributed by atoms with Crippen molar-refractivity contribution in [1.29, 1.82) is 0 Å². The SMILES string of the molecule is CCC(C)=C(Cc1ccccc1N1CCNC1)C(C)(Cl)N1CCNCC1. The minimum Gasteiger partial charge on any atom is -0.357 e. The van der Waals surface area contributed by atoms with Gasteiger partial charge >= 0.3 is 0 Å². The van der Waals surface area contributed by atoms with Crippen LogP contribution in [0.15, 0.2) is 35.4 Å². The average Bonchev–Trinajstić information content (AvgIpc) is 3.21. The van der Waals surface area contributed by atoms with Crippen LogP contribution in [0.2, 0.25) is 0 Å². The maximum Gasteiger partial charge on any atom is 0.115 e. The van der Waals surface area contributed by atoms with Crippen molar-refractivity contribution in [3.05, 3.63) is 41.0 Å². The standard InChI is InChI=1S/C21H33ClN4/c1-4-17(2)19(21(3,22)26-13-10-23-11-14-26)15-18-7-5-6-8-20(18)25-12-9-24-16-25/h5-8,23-24H,4,9-16H2,1-3H3. The molecule has 0 spiro atoms. The van der Waals surface area contributed by atoms with Crippen LogP contribution in [0.4, 0.5) is 5.69 Å². The van der Waals surface area contributed by atoms with Gasteiger partial charge in [0.25, 0.3) is 0 Å². The Bertz CT molecular complexity index is 629. The number of halogens is 1. The Labute approximate surface area is 163 Å². The number of allylic oxidation sites excluding steroid dienone is 1. The van der Waals surface area contributed by atoms with E-state index in [2.05, 4.69) is 65.5 Å². The van der Waals surface area contributed by atoms with Gasteiger partial charge in [0.1, 0.15) is 5.00 Å². The van der Waals surface area contributed by atoms with Crippen LogP contribution < -0.4 is 15.5 Å². The lowest BCUT2D eigenvalue weighted by molar-refractivity contribution is 0.175. The van der Waals surface area contributed by atoms with Crippen molar-refractivity contribution >= 4 is 17.3 Å². The third kappa shape index (κ3) is 4.25. The number of piperazine rings is 1. The largest absolute Gasteiger partial charge is 0.357 e. The zero-order valence-corrected chi connectivity index (χ0v) is 17.2. The van der Waals surface area contributed by atoms with Crippen molar-refractivity contribution in [2.45, 2.75) is 38.6 Å². The van der Waals surface area contributed by atoms with Crippen LogP contribution in [0.1, 0.15) is 32.8 Å². The van der Waals surface area contributed by atoms with Crippen molar-refractivity contribution in [3.8, 4) is 0 Å². The molecule has 1 atom stereocenters. The molecule has 2 aliphatic rings. The van der Waals surface area contributed by atoms with Crippen LogP contribution >= 0.6 is 11.6 Å². The van der Waals surface area contributed by atoms with E-state index < -0.39 is 5.00 Å². The van der Waals surface area contributed by atoms with Gasteiger partial charge in [-0.15, -0.1) is 0 Å². The smallest absolute Gasteiger partial charge is 0.115 e. The molecule has 2 fully saturated rings. The van der Waals surface area contributed by atoms with Gasteiger partial charge in [-0.25, -0.2) is 0 Å². The highest BCUT2D eigenvalue weighted by molar-refractivity contribution is 6.25. The van der Waals surface area contributed by atoms with Crippen molar-refractivity contribution in [2.24, 2.45) is 0 Å². The maximum atomic E-state index is 7.23. The van der Waals surface area contributed by atoms with Gasteiger partial charge < -0.3 is 10.2 Å². The number of rotatable bonds is 6. The van der Waals surface area contributed by atoms with Crippen molar-refractivity contribution in [2.75, 3.05) is 50.8 Å². The number of nitrogens with one attached hydrogen (secondary N) is 2. The van der Waals surface area contributed by atoms with E-state index in [4.69, 9.17) is 11.6 Å². The quantitative estimate of drug-likeness (QED) is 0.453. The second-order valence-corrected chi connectivity index (χ2v) is 8.27. The van der Waals surface area contributed by atoms with Crippen LogP contribution in [-0.4, -0.2) is 55.8 Å². The number of hydrogen-bond acceptors (Lipinski definition) is 4. The molecule has 0 bridgehead atoms. The van der Waals surface area contributed by atoms with E-state index in [-0.39, 0.29) is 0 Å². The Balaban J connectivity index is 1.91. The molecule has 1 aromatic rings. The highest BCUT2D eigenvalue weighted by Crippen LogP contribution is 2.36. The molecular formula is C21H33ClN4. The summed E-state index contributed by atoms with van der Waals surface area (Å²) in [6.07, 6.45) is 1.95. The Morgan fingerprint density at radius 3 is 2.46 bits per heavy atom. The molecule has 0 aliphatic carbocycles. The lowest BCUT2D eigenvalue weighted by atomic mass is 9.91. The van der Waals surface area contributed by atoms with Gasteiger partial charge in [0.15, 0.2) is 0 Å². The zero-order valence-electron chi connectivity index (χ0n) is 16.4. The fraction of sp³-hybridized carbons (Fsp3) is 0.619. The lowest BCUT2D eigenvalue weighted by Gasteiger charge is -2.42. The third-order valence-corrected chi connectivity index (χ3v) is 6.34. The number of hydrogen-bond donors (Lipinski definition) is 2. The Morgan fingerprint density at radius 1 is 1.12 bits per heavy atom. The first-order chi connectivity index (χ1) is 12.5. The summed E-state index contributed by atoms with van der Waals surface area (Å²) in [7, 11) is 0. The second kappa shape index (κ2) is 8.75. The van der Waals surface area contributed by atoms with Gasteiger partial charge in [0.2, 0.25) is 0 Å². The van der Waals surface area contributed by atoms with Crippen molar-refractivity contribution in [3.63, 3.8) is 0 Å². The molecule has 0 amide bonds. The molecule has 2 aliphatic heterocycles. The van der Waals surface area contributed by atoms with Gasteiger partial charge in [-0.1, -0.05) is 42.3 Å². The summed E-state index contributed by atoms with van der Waals surface area (Å²) in [4.78, 5) is 4.43. The van der Waals surface area contributed by atoms with E-state index in [0.717, 1.165) is 58.8 Å². The average molecular weight is 377 g/mol. The Morgan fingerprint density at radius 2 is 1.81 bits per heavy atom. The zero-order chi connectivity index (χ0) is 18.6. The number of benzene rings is 1. The molecule has 2 heterocycles. The normalized spacial score (nSPS) is 22.2. The molecular weight excluding hydrogens is 344 g/mol. The fourth-order valence-electron chi connectivity index (χ4n) is 4.06. The summed E-state index contributed by atoms with van der Waals surface area (Å²) in [5.74, 6) is 0. The van der Waals surface area contributed by atoms with Crippen molar-refractivity contribution in [1.82, 2.24) is 15.5 Å². The number of alkyl halides is 1. The van der Waals surface area contributed by atoms with E-state index in [1.54, 1.807) is 0 Å². The van der Waals surface area contributed by atoms with E-state index >= 15 is 0 Å². The summed E-state index contributed by atoms with van der Waals surface area (Å²) < 4.78 is 0. The summed E-state index contributed by atoms with van der Waals surface area (Å²) in [6, 6.07) is 8.81. The first-order valence-corrected chi connectivity index (χ1v) is 10.3. The summed E-state index contributed by atoms with van der Waals surface area (Å²) >= 11 is 7.23. The predicted octanol–water partition coefficient (Wildman–Crippen LogP) is 3.18. The highest BCUT2D eigenvalue weighted by atomic mass is 35.5. The number of nitrogens with zero attached hydrogens (tertiary/aromatic N) is 2. The molecule has 5 heteroatoms. The number of anilines is 1. The summed E-state index contributed by atoms with van der Waals surface area (Å²) in [6.45, 7) is 13.7. The van der Waals surface area contributed by atoms with E-state index in [1.165, 1.54) is 22.4 Å². The van der Waals surface area contributed by atoms with Crippen LogP contribution in [0.5, 0.6) is 0 Å². The molecule has 1 unspecified atom stereocenters. The summed E-state index contributed by atoms with van der Waals surface area (Å²) in [5.41, 5.74) is 5.49. The lowest BCUT2D eigenvalue weighted by Crippen LogP contribution is -2.53. The highest BCUT2D eigenvalue weighted by Gasteiger charge is 2.35. The first kappa shape index (κ1) is 19.7. The minimum atomic E-state index is -0.432. The fourth-order valence-corrected chi connectivity index (χ4v) is 4.46. The van der Waals surface area contributed by atoms with Gasteiger partial charge in [0.05, 0.1) is 6.67 Å². The maximum absolute atomic E-state index is 7.23. The molecule has 144 valence electrons. The molecule has 2 N–H and O–H groups in total. The van der Waals surface area contributed by atoms with Gasteiger partial charge in [-0.05, 0) is 43.9 Å². The molecule has 0 radical (unpaired) electrons. The molecule has 1 aromatic carbocycles. The second-order valence-electron chi connectivity index (χ2n) is 7.53. The Kier molecular flexibility index (Phi) is 6.62. The van der Waals surface area contributed by atoms with Crippen LogP contribution in [0.3, 0.4) is 0 Å². The van der Waals surface area contributed by atoms with Crippen LogP contribution in [0, 0.1) is 0 Å². The predicted molar refractivity (Wildman–Crippen MR) is 112 cm³/mol. The molecule has 4 nitrogen and oxygen atoms in total. The van der Waals surface area contributed by atoms with Gasteiger partial charge in [-0.2, -0.15) is 0 Å². The van der Waals surface area contributed by atoms with E-state index in [1.807, 2.05) is 0 Å². The van der Waals surface area contributed by atoms with Gasteiger partial charge in [0, 0.05) is 45.0 Å². The number of para-hydroxylation sites is 1. The molecule has 2 saturated heterocycles. The Hall–Kier alpha value is -1.07.